The van der Waals surface area contributed by atoms with E-state index in [9.17, 15) is 9.90 Å². The average Bonchev–Trinajstić information content (AvgIpc) is 3.36. The lowest BCUT2D eigenvalue weighted by molar-refractivity contribution is -0.185. The highest BCUT2D eigenvalue weighted by Gasteiger charge is 2.48. The predicted octanol–water partition coefficient (Wildman–Crippen LogP) is 4.55. The SMILES string of the molecule is COc1ccc(C2(O)OC(=O)C(c3ccc4c(c3)OCO4)=C2CC2CCCCC2)cc1. The third-order valence-electron chi connectivity index (χ3n) is 6.52. The van der Waals surface area contributed by atoms with E-state index in [0.717, 1.165) is 12.8 Å². The second-order valence-electron chi connectivity index (χ2n) is 8.39. The lowest BCUT2D eigenvalue weighted by Crippen LogP contribution is -2.30. The number of methoxy groups -OCH3 is 1. The molecule has 0 saturated heterocycles. The van der Waals surface area contributed by atoms with Crippen LogP contribution >= 0.6 is 0 Å². The standard InChI is InChI=1S/C25H26O6/c1-28-19-10-8-18(9-11-19)25(27)20(13-16-5-3-2-4-6-16)23(24(26)31-25)17-7-12-21-22(14-17)30-15-29-21/h7-12,14,16,27H,2-6,13,15H2,1H3. The van der Waals surface area contributed by atoms with Gasteiger partial charge in [0.1, 0.15) is 5.75 Å². The first-order valence-corrected chi connectivity index (χ1v) is 10.8. The number of fused-ring (bicyclic) bond motifs is 1. The smallest absolute Gasteiger partial charge is 0.341 e. The molecular weight excluding hydrogens is 396 g/mol. The van der Waals surface area contributed by atoms with Crippen molar-refractivity contribution < 1.29 is 28.8 Å². The average molecular weight is 422 g/mol. The van der Waals surface area contributed by atoms with Gasteiger partial charge in [0.25, 0.3) is 5.79 Å². The van der Waals surface area contributed by atoms with E-state index < -0.39 is 11.8 Å². The van der Waals surface area contributed by atoms with Crippen LogP contribution in [0.2, 0.25) is 0 Å². The minimum Gasteiger partial charge on any atom is -0.497 e. The van der Waals surface area contributed by atoms with Gasteiger partial charge in [-0.2, -0.15) is 0 Å². The number of carbonyl (C=O) groups excluding carboxylic acids is 1. The Morgan fingerprint density at radius 3 is 2.52 bits per heavy atom. The van der Waals surface area contributed by atoms with Crippen molar-refractivity contribution in [1.29, 1.82) is 0 Å². The highest BCUT2D eigenvalue weighted by molar-refractivity contribution is 6.20. The van der Waals surface area contributed by atoms with Gasteiger partial charge in [0.2, 0.25) is 6.79 Å². The summed E-state index contributed by atoms with van der Waals surface area (Å²) in [6.45, 7) is 0.160. The summed E-state index contributed by atoms with van der Waals surface area (Å²) in [7, 11) is 1.59. The maximum absolute atomic E-state index is 13.1. The van der Waals surface area contributed by atoms with Gasteiger partial charge in [-0.15, -0.1) is 0 Å². The van der Waals surface area contributed by atoms with Crippen molar-refractivity contribution in [3.63, 3.8) is 0 Å². The van der Waals surface area contributed by atoms with Crippen molar-refractivity contribution in [2.45, 2.75) is 44.3 Å². The van der Waals surface area contributed by atoms with Gasteiger partial charge in [0, 0.05) is 11.1 Å². The molecule has 162 valence electrons. The zero-order valence-corrected chi connectivity index (χ0v) is 17.6. The monoisotopic (exact) mass is 422 g/mol. The van der Waals surface area contributed by atoms with Crippen LogP contribution in [0, 0.1) is 5.92 Å². The molecule has 0 amide bonds. The number of hydrogen-bond acceptors (Lipinski definition) is 6. The molecule has 1 aliphatic carbocycles. The Labute approximate surface area is 181 Å². The second kappa shape index (κ2) is 7.93. The summed E-state index contributed by atoms with van der Waals surface area (Å²) < 4.78 is 21.8. The molecule has 0 bridgehead atoms. The lowest BCUT2D eigenvalue weighted by Gasteiger charge is -2.29. The molecule has 1 saturated carbocycles. The first-order valence-electron chi connectivity index (χ1n) is 10.8. The molecule has 2 aliphatic heterocycles. The van der Waals surface area contributed by atoms with Crippen LogP contribution in [0.4, 0.5) is 0 Å². The van der Waals surface area contributed by atoms with Crippen LogP contribution in [0.15, 0.2) is 48.0 Å². The van der Waals surface area contributed by atoms with Crippen LogP contribution < -0.4 is 14.2 Å². The van der Waals surface area contributed by atoms with Crippen LogP contribution in [0.1, 0.15) is 49.7 Å². The highest BCUT2D eigenvalue weighted by atomic mass is 16.7. The molecule has 6 nitrogen and oxygen atoms in total. The van der Waals surface area contributed by atoms with Crippen LogP contribution in [0.25, 0.3) is 5.57 Å². The molecule has 1 fully saturated rings. The fraction of sp³-hybridized carbons (Fsp3) is 0.400. The molecule has 0 spiro atoms. The van der Waals surface area contributed by atoms with Gasteiger partial charge < -0.3 is 24.1 Å². The normalized spacial score (nSPS) is 23.2. The van der Waals surface area contributed by atoms with Crippen LogP contribution in [0.3, 0.4) is 0 Å². The molecule has 5 rings (SSSR count). The van der Waals surface area contributed by atoms with Gasteiger partial charge in [-0.25, -0.2) is 4.79 Å². The Balaban J connectivity index is 1.61. The van der Waals surface area contributed by atoms with Gasteiger partial charge in [0.15, 0.2) is 11.5 Å². The van der Waals surface area contributed by atoms with E-state index in [2.05, 4.69) is 0 Å². The van der Waals surface area contributed by atoms with Crippen LogP contribution in [-0.2, 0) is 15.3 Å². The number of cyclic esters (lactones) is 1. The fourth-order valence-electron chi connectivity index (χ4n) is 4.85. The molecule has 0 aromatic heterocycles. The van der Waals surface area contributed by atoms with E-state index in [1.165, 1.54) is 19.3 Å². The minimum absolute atomic E-state index is 0.160. The minimum atomic E-state index is -1.80. The lowest BCUT2D eigenvalue weighted by atomic mass is 9.80. The molecule has 1 N–H and O–H groups in total. The summed E-state index contributed by atoms with van der Waals surface area (Å²) in [5.74, 6) is -0.00265. The Kier molecular flexibility index (Phi) is 5.10. The summed E-state index contributed by atoms with van der Waals surface area (Å²) >= 11 is 0. The Hall–Kier alpha value is -2.99. The summed E-state index contributed by atoms with van der Waals surface area (Å²) in [5, 5.41) is 11.7. The van der Waals surface area contributed by atoms with Crippen molar-refractivity contribution in [3.8, 4) is 17.2 Å². The van der Waals surface area contributed by atoms with Crippen molar-refractivity contribution >= 4 is 11.5 Å². The Morgan fingerprint density at radius 1 is 1.03 bits per heavy atom. The highest BCUT2D eigenvalue weighted by Crippen LogP contribution is 2.48. The zero-order chi connectivity index (χ0) is 21.4. The van der Waals surface area contributed by atoms with E-state index in [-0.39, 0.29) is 6.79 Å². The van der Waals surface area contributed by atoms with Crippen molar-refractivity contribution in [1.82, 2.24) is 0 Å². The number of ether oxygens (including phenoxy) is 4. The van der Waals surface area contributed by atoms with Gasteiger partial charge in [-0.3, -0.25) is 0 Å². The predicted molar refractivity (Wildman–Crippen MR) is 114 cm³/mol. The number of esters is 1. The number of benzene rings is 2. The number of aliphatic hydroxyl groups is 1. The van der Waals surface area contributed by atoms with Crippen molar-refractivity contribution in [2.75, 3.05) is 13.9 Å². The summed E-state index contributed by atoms with van der Waals surface area (Å²) in [4.78, 5) is 13.1. The van der Waals surface area contributed by atoms with E-state index in [1.807, 2.05) is 6.07 Å². The molecule has 2 aromatic rings. The van der Waals surface area contributed by atoms with Gasteiger partial charge >= 0.3 is 5.97 Å². The quantitative estimate of drug-likeness (QED) is 0.713. The summed E-state index contributed by atoms with van der Waals surface area (Å²) in [6, 6.07) is 12.4. The zero-order valence-electron chi connectivity index (χ0n) is 17.6. The third kappa shape index (κ3) is 3.55. The van der Waals surface area contributed by atoms with Gasteiger partial charge in [-0.1, -0.05) is 38.2 Å². The number of rotatable bonds is 5. The van der Waals surface area contributed by atoms with E-state index in [1.54, 1.807) is 43.5 Å². The van der Waals surface area contributed by atoms with Crippen LogP contribution in [-0.4, -0.2) is 25.0 Å². The Bertz CT molecular complexity index is 1020. The maximum Gasteiger partial charge on any atom is 0.341 e. The van der Waals surface area contributed by atoms with Crippen molar-refractivity contribution in [3.05, 3.63) is 59.2 Å². The largest absolute Gasteiger partial charge is 0.497 e. The van der Waals surface area contributed by atoms with E-state index in [4.69, 9.17) is 18.9 Å². The van der Waals surface area contributed by atoms with Gasteiger partial charge in [0.05, 0.1) is 12.7 Å². The van der Waals surface area contributed by atoms with E-state index in [0.29, 0.717) is 51.9 Å². The molecule has 31 heavy (non-hydrogen) atoms. The first kappa shape index (κ1) is 19.9. The molecular formula is C25H26O6. The molecule has 2 aromatic carbocycles. The van der Waals surface area contributed by atoms with E-state index >= 15 is 0 Å². The second-order valence-corrected chi connectivity index (χ2v) is 8.39. The third-order valence-corrected chi connectivity index (χ3v) is 6.52. The molecule has 1 unspecified atom stereocenters. The van der Waals surface area contributed by atoms with Crippen molar-refractivity contribution in [2.24, 2.45) is 5.92 Å². The Morgan fingerprint density at radius 2 is 1.77 bits per heavy atom. The number of carbonyl (C=O) groups is 1. The molecule has 2 heterocycles. The van der Waals surface area contributed by atoms with Crippen LogP contribution in [0.5, 0.6) is 17.2 Å². The summed E-state index contributed by atoms with van der Waals surface area (Å²) in [6.07, 6.45) is 6.37. The topological polar surface area (TPSA) is 74.2 Å². The first-order chi connectivity index (χ1) is 15.1. The summed E-state index contributed by atoms with van der Waals surface area (Å²) in [5.41, 5.74) is 2.23. The molecule has 3 aliphatic rings. The molecule has 6 heteroatoms. The molecule has 0 radical (unpaired) electrons. The fourth-order valence-corrected chi connectivity index (χ4v) is 4.85. The number of hydrogen-bond donors (Lipinski definition) is 1. The van der Waals surface area contributed by atoms with Gasteiger partial charge in [-0.05, 0) is 54.3 Å². The maximum atomic E-state index is 13.1. The molecule has 1 atom stereocenters.